The van der Waals surface area contributed by atoms with Gasteiger partial charge in [-0.15, -0.1) is 0 Å². The molecule has 13 heavy (non-hydrogen) atoms. The highest BCUT2D eigenvalue weighted by Crippen LogP contribution is 2.31. The van der Waals surface area contributed by atoms with Crippen LogP contribution < -0.4 is 5.73 Å². The molecule has 0 amide bonds. The molecule has 1 saturated carbocycles. The Morgan fingerprint density at radius 3 is 2.54 bits per heavy atom. The van der Waals surface area contributed by atoms with Crippen LogP contribution >= 0.6 is 0 Å². The second kappa shape index (κ2) is 4.40. The van der Waals surface area contributed by atoms with Crippen LogP contribution in [0.15, 0.2) is 0 Å². The topological polar surface area (TPSA) is 44.5 Å². The van der Waals surface area contributed by atoms with Crippen molar-refractivity contribution in [3.63, 3.8) is 0 Å². The lowest BCUT2D eigenvalue weighted by Gasteiger charge is -2.23. The molecule has 1 atom stereocenters. The second-order valence-electron chi connectivity index (χ2n) is 4.15. The SMILES string of the molecule is NC(COC1CCOCC1)C1CC1. The van der Waals surface area contributed by atoms with E-state index >= 15 is 0 Å². The maximum absolute atomic E-state index is 5.94. The molecule has 3 heteroatoms. The van der Waals surface area contributed by atoms with E-state index in [1.807, 2.05) is 0 Å². The van der Waals surface area contributed by atoms with Crippen LogP contribution in [0.3, 0.4) is 0 Å². The maximum Gasteiger partial charge on any atom is 0.0624 e. The first-order chi connectivity index (χ1) is 6.36. The van der Waals surface area contributed by atoms with Crippen LogP contribution in [0.4, 0.5) is 0 Å². The Kier molecular flexibility index (Phi) is 3.19. The van der Waals surface area contributed by atoms with Gasteiger partial charge in [-0.25, -0.2) is 0 Å². The Morgan fingerprint density at radius 1 is 1.23 bits per heavy atom. The second-order valence-corrected chi connectivity index (χ2v) is 4.15. The number of rotatable bonds is 4. The lowest BCUT2D eigenvalue weighted by molar-refractivity contribution is -0.0368. The largest absolute Gasteiger partial charge is 0.381 e. The lowest BCUT2D eigenvalue weighted by Crippen LogP contribution is -2.33. The molecule has 0 bridgehead atoms. The van der Waals surface area contributed by atoms with E-state index in [9.17, 15) is 0 Å². The molecule has 0 spiro atoms. The Hall–Kier alpha value is -0.120. The van der Waals surface area contributed by atoms with Crippen LogP contribution in [0.1, 0.15) is 25.7 Å². The van der Waals surface area contributed by atoms with Crippen LogP contribution in [0, 0.1) is 5.92 Å². The average Bonchev–Trinajstić information content (AvgIpc) is 2.99. The van der Waals surface area contributed by atoms with Gasteiger partial charge in [0.2, 0.25) is 0 Å². The zero-order valence-electron chi connectivity index (χ0n) is 8.08. The molecular formula is C10H19NO2. The minimum absolute atomic E-state index is 0.280. The smallest absolute Gasteiger partial charge is 0.0624 e. The van der Waals surface area contributed by atoms with Gasteiger partial charge in [0.05, 0.1) is 12.7 Å². The van der Waals surface area contributed by atoms with Gasteiger partial charge in [-0.2, -0.15) is 0 Å². The Bertz CT molecular complexity index is 153. The third kappa shape index (κ3) is 2.93. The van der Waals surface area contributed by atoms with Gasteiger partial charge in [0.1, 0.15) is 0 Å². The van der Waals surface area contributed by atoms with Gasteiger partial charge in [0.25, 0.3) is 0 Å². The zero-order valence-corrected chi connectivity index (χ0v) is 8.08. The van der Waals surface area contributed by atoms with Gasteiger partial charge in [-0.05, 0) is 31.6 Å². The van der Waals surface area contributed by atoms with Gasteiger partial charge in [-0.3, -0.25) is 0 Å². The molecule has 1 aliphatic heterocycles. The molecule has 0 aromatic heterocycles. The van der Waals surface area contributed by atoms with Crippen LogP contribution in [-0.4, -0.2) is 32.0 Å². The molecule has 2 fully saturated rings. The summed E-state index contributed by atoms with van der Waals surface area (Å²) in [5.41, 5.74) is 5.94. The highest BCUT2D eigenvalue weighted by molar-refractivity contribution is 4.84. The highest BCUT2D eigenvalue weighted by Gasteiger charge is 2.29. The minimum Gasteiger partial charge on any atom is -0.381 e. The summed E-state index contributed by atoms with van der Waals surface area (Å²) in [6.07, 6.45) is 5.09. The maximum atomic E-state index is 5.94. The van der Waals surface area contributed by atoms with Crippen molar-refractivity contribution in [1.82, 2.24) is 0 Å². The Balaban J connectivity index is 1.60. The summed E-state index contributed by atoms with van der Waals surface area (Å²) in [6, 6.07) is 0.280. The molecular weight excluding hydrogens is 166 g/mol. The third-order valence-electron chi connectivity index (χ3n) is 2.92. The van der Waals surface area contributed by atoms with E-state index in [0.717, 1.165) is 38.6 Å². The number of hydrogen-bond acceptors (Lipinski definition) is 3. The average molecular weight is 185 g/mol. The molecule has 1 aliphatic carbocycles. The zero-order chi connectivity index (χ0) is 9.10. The molecule has 1 heterocycles. The lowest BCUT2D eigenvalue weighted by atomic mass is 10.1. The Labute approximate surface area is 79.6 Å². The molecule has 76 valence electrons. The van der Waals surface area contributed by atoms with E-state index in [4.69, 9.17) is 15.2 Å². The van der Waals surface area contributed by atoms with Crippen molar-refractivity contribution < 1.29 is 9.47 Å². The highest BCUT2D eigenvalue weighted by atomic mass is 16.5. The van der Waals surface area contributed by atoms with Crippen molar-refractivity contribution in [2.75, 3.05) is 19.8 Å². The van der Waals surface area contributed by atoms with Gasteiger partial charge < -0.3 is 15.2 Å². The third-order valence-corrected chi connectivity index (χ3v) is 2.92. The van der Waals surface area contributed by atoms with Gasteiger partial charge in [-0.1, -0.05) is 0 Å². The van der Waals surface area contributed by atoms with Gasteiger partial charge in [0, 0.05) is 19.3 Å². The monoisotopic (exact) mass is 185 g/mol. The molecule has 2 rings (SSSR count). The first-order valence-corrected chi connectivity index (χ1v) is 5.31. The van der Waals surface area contributed by atoms with Crippen molar-refractivity contribution in [2.24, 2.45) is 11.7 Å². The van der Waals surface area contributed by atoms with Crippen molar-refractivity contribution in [2.45, 2.75) is 37.8 Å². The van der Waals surface area contributed by atoms with E-state index < -0.39 is 0 Å². The summed E-state index contributed by atoms with van der Waals surface area (Å²) < 4.78 is 11.0. The minimum atomic E-state index is 0.280. The standard InChI is InChI=1S/C10H19NO2/c11-10(8-1-2-8)7-13-9-3-5-12-6-4-9/h8-10H,1-7,11H2. The number of nitrogens with two attached hydrogens (primary N) is 1. The summed E-state index contributed by atoms with van der Waals surface area (Å²) >= 11 is 0. The van der Waals surface area contributed by atoms with Gasteiger partial charge >= 0.3 is 0 Å². The summed E-state index contributed by atoms with van der Waals surface area (Å²) in [7, 11) is 0. The summed E-state index contributed by atoms with van der Waals surface area (Å²) in [6.45, 7) is 2.45. The van der Waals surface area contributed by atoms with Crippen molar-refractivity contribution in [1.29, 1.82) is 0 Å². The fourth-order valence-electron chi connectivity index (χ4n) is 1.75. The summed E-state index contributed by atoms with van der Waals surface area (Å²) in [4.78, 5) is 0. The Morgan fingerprint density at radius 2 is 1.92 bits per heavy atom. The van der Waals surface area contributed by atoms with Gasteiger partial charge in [0.15, 0.2) is 0 Å². The fourth-order valence-corrected chi connectivity index (χ4v) is 1.75. The molecule has 2 aliphatic rings. The van der Waals surface area contributed by atoms with Crippen molar-refractivity contribution in [3.05, 3.63) is 0 Å². The first-order valence-electron chi connectivity index (χ1n) is 5.31. The van der Waals surface area contributed by atoms with E-state index in [1.165, 1.54) is 12.8 Å². The van der Waals surface area contributed by atoms with E-state index in [1.54, 1.807) is 0 Å². The van der Waals surface area contributed by atoms with E-state index in [-0.39, 0.29) is 6.04 Å². The van der Waals surface area contributed by atoms with Crippen molar-refractivity contribution >= 4 is 0 Å². The predicted octanol–water partition coefficient (Wildman–Crippen LogP) is 0.919. The molecule has 3 nitrogen and oxygen atoms in total. The quantitative estimate of drug-likeness (QED) is 0.708. The first kappa shape index (κ1) is 9.44. The summed E-state index contributed by atoms with van der Waals surface area (Å²) in [5, 5.41) is 0. The van der Waals surface area contributed by atoms with Crippen LogP contribution in [0.2, 0.25) is 0 Å². The molecule has 2 N–H and O–H groups in total. The van der Waals surface area contributed by atoms with Crippen LogP contribution in [-0.2, 0) is 9.47 Å². The van der Waals surface area contributed by atoms with E-state index in [0.29, 0.717) is 6.10 Å². The fraction of sp³-hybridized carbons (Fsp3) is 1.00. The molecule has 0 aromatic rings. The van der Waals surface area contributed by atoms with E-state index in [2.05, 4.69) is 0 Å². The number of hydrogen-bond donors (Lipinski definition) is 1. The van der Waals surface area contributed by atoms with Crippen molar-refractivity contribution in [3.8, 4) is 0 Å². The van der Waals surface area contributed by atoms with Crippen LogP contribution in [0.25, 0.3) is 0 Å². The number of ether oxygens (including phenoxy) is 2. The molecule has 0 radical (unpaired) electrons. The molecule has 1 unspecified atom stereocenters. The molecule has 0 aromatic carbocycles. The van der Waals surface area contributed by atoms with Crippen LogP contribution in [0.5, 0.6) is 0 Å². The molecule has 1 saturated heterocycles. The summed E-state index contributed by atoms with van der Waals surface area (Å²) in [5.74, 6) is 0.750. The predicted molar refractivity (Wildman–Crippen MR) is 50.5 cm³/mol. The normalized spacial score (nSPS) is 27.5.